The van der Waals surface area contributed by atoms with Crippen LogP contribution in [0.5, 0.6) is 0 Å². The van der Waals surface area contributed by atoms with Gasteiger partial charge < -0.3 is 0 Å². The van der Waals surface area contributed by atoms with E-state index in [-0.39, 0.29) is -1.13 Å². The largest absolute Gasteiger partial charge is 0.416 e. The minimum absolute atomic E-state index is 0.0978. The molecule has 0 aliphatic rings. The van der Waals surface area contributed by atoms with Gasteiger partial charge in [-0.1, -0.05) is 148 Å². The Bertz CT molecular complexity index is 735. The molecule has 2 aromatic rings. The molecule has 142 valence electrons. The van der Waals surface area contributed by atoms with E-state index in [4.69, 9.17) is 0 Å². The highest BCUT2D eigenvalue weighted by molar-refractivity contribution is 14.3. The van der Waals surface area contributed by atoms with Crippen molar-refractivity contribution in [1.29, 1.82) is 0 Å². The predicted molar refractivity (Wildman–Crippen MR) is 147 cm³/mol. The number of benzene rings is 1. The predicted octanol–water partition coefficient (Wildman–Crippen LogP) is 7.56. The van der Waals surface area contributed by atoms with Crippen molar-refractivity contribution in [2.75, 3.05) is 0 Å². The van der Waals surface area contributed by atoms with Crippen molar-refractivity contribution in [3.05, 3.63) is 41.5 Å². The number of hydrogen-bond donors (Lipinski definition) is 0. The van der Waals surface area contributed by atoms with Gasteiger partial charge in [0.25, 0.3) is 0 Å². The third kappa shape index (κ3) is 8.64. The number of rotatable bonds is 5. The van der Waals surface area contributed by atoms with E-state index in [0.717, 1.165) is 12.1 Å². The average molecular weight is 1040 g/mol. The fourth-order valence-electron chi connectivity index (χ4n) is 1.92. The third-order valence-electron chi connectivity index (χ3n) is 2.92. The van der Waals surface area contributed by atoms with Gasteiger partial charge >= 0.3 is 6.18 Å². The number of aromatic nitrogens is 3. The lowest BCUT2D eigenvalue weighted by Crippen LogP contribution is -2.15. The van der Waals surface area contributed by atoms with Gasteiger partial charge in [-0.25, -0.2) is 15.0 Å². The quantitative estimate of drug-likeness (QED) is 0.230. The van der Waals surface area contributed by atoms with Crippen molar-refractivity contribution in [3.8, 4) is 11.4 Å². The fraction of sp³-hybridized carbons (Fsp3) is 0.357. The summed E-state index contributed by atoms with van der Waals surface area (Å²) >= 11 is 13.8. The molecule has 1 heterocycles. The molecule has 0 radical (unpaired) electrons. The first kappa shape index (κ1) is 24.7. The second-order valence-electron chi connectivity index (χ2n) is 5.15. The lowest BCUT2D eigenvalue weighted by molar-refractivity contribution is -0.137. The van der Waals surface area contributed by atoms with Gasteiger partial charge in [-0.15, -0.1) is 0 Å². The van der Waals surface area contributed by atoms with Crippen LogP contribution in [-0.4, -0.2) is 13.8 Å². The van der Waals surface area contributed by atoms with Crippen LogP contribution in [0.15, 0.2) is 24.3 Å². The standard InChI is InChI=1S/C14H8F3I6N3/c15-14(16,17)8-3-1-7(2-4-8)11-25-9(5-12(18,19)20)24-10(26-11)6-13(21,22)23/h1-4H,5-6H2. The van der Waals surface area contributed by atoms with Gasteiger partial charge in [-0.3, -0.25) is 0 Å². The van der Waals surface area contributed by atoms with E-state index in [2.05, 4.69) is 150 Å². The van der Waals surface area contributed by atoms with Crippen LogP contribution in [0.25, 0.3) is 11.4 Å². The van der Waals surface area contributed by atoms with E-state index in [1.165, 1.54) is 12.1 Å². The van der Waals surface area contributed by atoms with E-state index in [1.807, 2.05) is 0 Å². The second-order valence-corrected chi connectivity index (χ2v) is 28.6. The normalized spacial score (nSPS) is 13.1. The summed E-state index contributed by atoms with van der Waals surface area (Å²) in [5.41, 5.74) is -0.141. The molecule has 0 amide bonds. The summed E-state index contributed by atoms with van der Waals surface area (Å²) in [6.07, 6.45) is -3.12. The molecular weight excluding hydrogens is 1030 g/mol. The monoisotopic (exact) mass is 1040 g/mol. The van der Waals surface area contributed by atoms with Crippen molar-refractivity contribution in [3.63, 3.8) is 0 Å². The van der Waals surface area contributed by atoms with Crippen molar-refractivity contribution in [2.24, 2.45) is 0 Å². The molecule has 12 heteroatoms. The van der Waals surface area contributed by atoms with Crippen LogP contribution in [0.2, 0.25) is 0 Å². The summed E-state index contributed by atoms with van der Waals surface area (Å²) in [7, 11) is 0. The van der Waals surface area contributed by atoms with Gasteiger partial charge in [0.15, 0.2) is 5.82 Å². The number of halogens is 9. The van der Waals surface area contributed by atoms with Crippen LogP contribution < -0.4 is 0 Å². The maximum Gasteiger partial charge on any atom is 0.416 e. The highest BCUT2D eigenvalue weighted by Crippen LogP contribution is 2.40. The minimum Gasteiger partial charge on any atom is -0.218 e. The van der Waals surface area contributed by atoms with E-state index in [1.54, 1.807) is 0 Å². The molecule has 1 aromatic carbocycles. The molecule has 0 saturated carbocycles. The highest BCUT2D eigenvalue weighted by Gasteiger charge is 2.30. The number of alkyl halides is 9. The van der Waals surface area contributed by atoms with Crippen molar-refractivity contribution in [1.82, 2.24) is 15.0 Å². The topological polar surface area (TPSA) is 38.7 Å². The Balaban J connectivity index is 2.45. The Morgan fingerprint density at radius 1 is 0.692 bits per heavy atom. The van der Waals surface area contributed by atoms with E-state index in [0.29, 0.717) is 35.9 Å². The Kier molecular flexibility index (Phi) is 9.19. The van der Waals surface area contributed by atoms with Gasteiger partial charge in [-0.05, 0) is 12.1 Å². The molecule has 0 aliphatic heterocycles. The lowest BCUT2D eigenvalue weighted by atomic mass is 10.1. The smallest absolute Gasteiger partial charge is 0.218 e. The van der Waals surface area contributed by atoms with Crippen molar-refractivity contribution >= 4 is 136 Å². The summed E-state index contributed by atoms with van der Waals surface area (Å²) < 4.78 is 38.1. The molecule has 0 atom stereocenters. The van der Waals surface area contributed by atoms with Crippen molar-refractivity contribution in [2.45, 2.75) is 17.9 Å². The maximum atomic E-state index is 12.8. The molecule has 0 N–H and O–H groups in total. The summed E-state index contributed by atoms with van der Waals surface area (Å²) in [5, 5.41) is 0. The van der Waals surface area contributed by atoms with E-state index >= 15 is 0 Å². The van der Waals surface area contributed by atoms with E-state index in [9.17, 15) is 13.2 Å². The maximum absolute atomic E-state index is 12.8. The third-order valence-corrected chi connectivity index (χ3v) is 5.20. The zero-order valence-corrected chi connectivity index (χ0v) is 25.4. The summed E-state index contributed by atoms with van der Waals surface area (Å²) in [6.45, 7) is 0. The van der Waals surface area contributed by atoms with Gasteiger partial charge in [0.05, 0.1) is 5.56 Å². The van der Waals surface area contributed by atoms with E-state index < -0.39 is 11.7 Å². The summed E-state index contributed by atoms with van der Waals surface area (Å²) in [6, 6.07) is 4.92. The fourth-order valence-corrected chi connectivity index (χ4v) is 3.97. The van der Waals surface area contributed by atoms with Gasteiger partial charge in [0.2, 0.25) is 0 Å². The first-order valence-electron chi connectivity index (χ1n) is 6.78. The number of hydrogen-bond acceptors (Lipinski definition) is 3. The van der Waals surface area contributed by atoms with Gasteiger partial charge in [0.1, 0.15) is 10.5 Å². The van der Waals surface area contributed by atoms with Gasteiger partial charge in [0, 0.05) is 18.4 Å². The van der Waals surface area contributed by atoms with Crippen LogP contribution >= 0.6 is 136 Å². The van der Waals surface area contributed by atoms with Gasteiger partial charge in [-0.2, -0.15) is 13.2 Å². The second kappa shape index (κ2) is 9.69. The van der Waals surface area contributed by atoms with Crippen LogP contribution in [0.4, 0.5) is 13.2 Å². The Morgan fingerprint density at radius 3 is 1.46 bits per heavy atom. The Labute approximate surface area is 230 Å². The molecule has 3 nitrogen and oxygen atoms in total. The van der Waals surface area contributed by atoms with Crippen molar-refractivity contribution < 1.29 is 13.2 Å². The molecule has 0 aliphatic carbocycles. The molecule has 26 heavy (non-hydrogen) atoms. The zero-order chi connectivity index (χ0) is 19.8. The molecule has 0 saturated heterocycles. The molecule has 1 aromatic heterocycles. The molecule has 2 rings (SSSR count). The molecule has 0 fully saturated rings. The molecule has 0 spiro atoms. The average Bonchev–Trinajstić information content (AvgIpc) is 2.42. The van der Waals surface area contributed by atoms with Crippen LogP contribution in [-0.2, 0) is 19.0 Å². The molecule has 0 unspecified atom stereocenters. The van der Waals surface area contributed by atoms with Crippen LogP contribution in [0.1, 0.15) is 17.2 Å². The van der Waals surface area contributed by atoms with Crippen LogP contribution in [0.3, 0.4) is 0 Å². The summed E-state index contributed by atoms with van der Waals surface area (Å²) in [5.74, 6) is 1.67. The first-order chi connectivity index (χ1) is 11.7. The lowest BCUT2D eigenvalue weighted by Gasteiger charge is -2.15. The Morgan fingerprint density at radius 2 is 1.12 bits per heavy atom. The zero-order valence-electron chi connectivity index (χ0n) is 12.5. The minimum atomic E-state index is -4.36. The Hall–Kier alpha value is 2.40. The molecule has 0 bridgehead atoms. The molecular formula is C14H8F3I6N3. The first-order valence-corrected chi connectivity index (χ1v) is 13.3. The van der Waals surface area contributed by atoms with Crippen LogP contribution in [0, 0.1) is 0 Å². The highest BCUT2D eigenvalue weighted by atomic mass is 127. The SMILES string of the molecule is FC(F)(F)c1ccc(-c2nc(CC(I)(I)I)nc(CC(I)(I)I)n2)cc1. The number of nitrogens with zero attached hydrogens (tertiary/aromatic N) is 3. The summed E-state index contributed by atoms with van der Waals surface area (Å²) in [4.78, 5) is 13.5.